The summed E-state index contributed by atoms with van der Waals surface area (Å²) in [6, 6.07) is 4.20. The van der Waals surface area contributed by atoms with Crippen molar-refractivity contribution < 1.29 is 22.7 Å². The van der Waals surface area contributed by atoms with Crippen molar-refractivity contribution in [3.8, 4) is 0 Å². The van der Waals surface area contributed by atoms with Gasteiger partial charge in [-0.05, 0) is 62.6 Å². The van der Waals surface area contributed by atoms with Gasteiger partial charge in [0.05, 0.1) is 10.6 Å². The molecule has 1 heterocycles. The predicted molar refractivity (Wildman–Crippen MR) is 119 cm³/mol. The van der Waals surface area contributed by atoms with Crippen LogP contribution in [0.1, 0.15) is 62.2 Å². The van der Waals surface area contributed by atoms with E-state index in [-0.39, 0.29) is 34.0 Å². The van der Waals surface area contributed by atoms with Crippen molar-refractivity contribution in [3.05, 3.63) is 28.8 Å². The zero-order valence-corrected chi connectivity index (χ0v) is 19.8. The van der Waals surface area contributed by atoms with Crippen LogP contribution >= 0.6 is 11.6 Å². The van der Waals surface area contributed by atoms with Gasteiger partial charge < -0.3 is 9.64 Å². The van der Waals surface area contributed by atoms with Crippen molar-refractivity contribution in [1.82, 2.24) is 9.21 Å². The van der Waals surface area contributed by atoms with Gasteiger partial charge in [0.2, 0.25) is 10.0 Å². The molecular weight excluding hydrogens is 440 g/mol. The van der Waals surface area contributed by atoms with Crippen LogP contribution in [0.2, 0.25) is 5.02 Å². The molecule has 1 saturated heterocycles. The third-order valence-electron chi connectivity index (χ3n) is 6.35. The fourth-order valence-corrected chi connectivity index (χ4v) is 6.24. The summed E-state index contributed by atoms with van der Waals surface area (Å²) in [6.45, 7) is 2.71. The molecule has 1 aromatic carbocycles. The summed E-state index contributed by atoms with van der Waals surface area (Å²) in [5, 5.41) is 0.0597. The number of ether oxygens (including phenoxy) is 1. The normalized spacial score (nSPS) is 22.7. The van der Waals surface area contributed by atoms with Gasteiger partial charge in [0.1, 0.15) is 4.90 Å². The van der Waals surface area contributed by atoms with Gasteiger partial charge in [-0.1, -0.05) is 24.9 Å². The van der Waals surface area contributed by atoms with Crippen LogP contribution in [0.5, 0.6) is 0 Å². The molecular formula is C22H31ClN2O5S. The molecule has 0 aromatic heterocycles. The topological polar surface area (TPSA) is 84.0 Å². The second-order valence-electron chi connectivity index (χ2n) is 8.60. The van der Waals surface area contributed by atoms with E-state index in [1.807, 2.05) is 0 Å². The molecule has 1 saturated carbocycles. The first-order valence-electron chi connectivity index (χ1n) is 10.9. The average Bonchev–Trinajstić information content (AvgIpc) is 2.78. The molecule has 1 aliphatic heterocycles. The lowest BCUT2D eigenvalue weighted by molar-refractivity contribution is -0.136. The highest BCUT2D eigenvalue weighted by Crippen LogP contribution is 2.29. The van der Waals surface area contributed by atoms with Crippen molar-refractivity contribution in [3.63, 3.8) is 0 Å². The molecule has 0 unspecified atom stereocenters. The number of sulfonamides is 1. The number of nitrogens with zero attached hydrogens (tertiary/aromatic N) is 2. The number of amides is 1. The predicted octanol–water partition coefficient (Wildman–Crippen LogP) is 3.71. The monoisotopic (exact) mass is 470 g/mol. The SMILES string of the molecule is CC1CCC(N(C)C(=O)COC(=O)c2ccc(Cl)c(S(=O)(=O)N3CCCCC3)c2)CC1. The number of esters is 1. The van der Waals surface area contributed by atoms with Gasteiger partial charge in [0.15, 0.2) is 6.61 Å². The van der Waals surface area contributed by atoms with E-state index >= 15 is 0 Å². The van der Waals surface area contributed by atoms with Crippen molar-refractivity contribution in [1.29, 1.82) is 0 Å². The van der Waals surface area contributed by atoms with E-state index < -0.39 is 16.0 Å². The zero-order valence-electron chi connectivity index (χ0n) is 18.2. The molecule has 0 atom stereocenters. The van der Waals surface area contributed by atoms with Crippen LogP contribution in [0.15, 0.2) is 23.1 Å². The van der Waals surface area contributed by atoms with E-state index in [4.69, 9.17) is 16.3 Å². The Balaban J connectivity index is 1.64. The van der Waals surface area contributed by atoms with Gasteiger partial charge in [-0.2, -0.15) is 4.31 Å². The highest BCUT2D eigenvalue weighted by Gasteiger charge is 2.29. The molecule has 7 nitrogen and oxygen atoms in total. The van der Waals surface area contributed by atoms with Gasteiger partial charge in [0.25, 0.3) is 5.91 Å². The Morgan fingerprint density at radius 2 is 1.77 bits per heavy atom. The molecule has 9 heteroatoms. The summed E-state index contributed by atoms with van der Waals surface area (Å²) < 4.78 is 32.5. The third-order valence-corrected chi connectivity index (χ3v) is 8.73. The van der Waals surface area contributed by atoms with Gasteiger partial charge in [-0.3, -0.25) is 4.79 Å². The highest BCUT2D eigenvalue weighted by atomic mass is 35.5. The van der Waals surface area contributed by atoms with Crippen molar-refractivity contribution in [2.75, 3.05) is 26.7 Å². The number of hydrogen-bond acceptors (Lipinski definition) is 5. The Bertz CT molecular complexity index is 906. The Labute approximate surface area is 189 Å². The minimum Gasteiger partial charge on any atom is -0.452 e. The lowest BCUT2D eigenvalue weighted by atomic mass is 9.87. The van der Waals surface area contributed by atoms with E-state index in [2.05, 4.69) is 6.92 Å². The Hall–Kier alpha value is -1.64. The minimum absolute atomic E-state index is 0.0573. The van der Waals surface area contributed by atoms with Crippen LogP contribution < -0.4 is 0 Å². The first-order chi connectivity index (χ1) is 14.7. The van der Waals surface area contributed by atoms with Gasteiger partial charge in [-0.15, -0.1) is 0 Å². The van der Waals surface area contributed by atoms with E-state index in [0.717, 1.165) is 44.9 Å². The van der Waals surface area contributed by atoms with E-state index in [9.17, 15) is 18.0 Å². The first kappa shape index (κ1) is 24.0. The maximum absolute atomic E-state index is 13.0. The number of likely N-dealkylation sites (N-methyl/N-ethyl adjacent to an activating group) is 1. The second kappa shape index (κ2) is 10.3. The molecule has 1 amide bonds. The smallest absolute Gasteiger partial charge is 0.338 e. The molecule has 3 rings (SSSR count). The molecule has 1 aliphatic carbocycles. The summed E-state index contributed by atoms with van der Waals surface area (Å²) in [5.41, 5.74) is 0.0573. The maximum Gasteiger partial charge on any atom is 0.338 e. The van der Waals surface area contributed by atoms with Crippen LogP contribution in [0.4, 0.5) is 0 Å². The number of rotatable bonds is 6. The van der Waals surface area contributed by atoms with Crippen LogP contribution in [0.25, 0.3) is 0 Å². The molecule has 0 N–H and O–H groups in total. The zero-order chi connectivity index (χ0) is 22.6. The second-order valence-corrected chi connectivity index (χ2v) is 10.9. The highest BCUT2D eigenvalue weighted by molar-refractivity contribution is 7.89. The quantitative estimate of drug-likeness (QED) is 0.592. The number of benzene rings is 1. The maximum atomic E-state index is 13.0. The number of halogens is 1. The van der Waals surface area contributed by atoms with Crippen LogP contribution in [-0.2, 0) is 19.6 Å². The van der Waals surface area contributed by atoms with Crippen LogP contribution in [0, 0.1) is 5.92 Å². The minimum atomic E-state index is -3.79. The summed E-state index contributed by atoms with van der Waals surface area (Å²) in [7, 11) is -2.06. The molecule has 0 spiro atoms. The fraction of sp³-hybridized carbons (Fsp3) is 0.636. The van der Waals surface area contributed by atoms with Gasteiger partial charge >= 0.3 is 5.97 Å². The van der Waals surface area contributed by atoms with E-state index in [0.29, 0.717) is 19.0 Å². The van der Waals surface area contributed by atoms with E-state index in [1.165, 1.54) is 22.5 Å². The van der Waals surface area contributed by atoms with Crippen molar-refractivity contribution in [2.45, 2.75) is 62.8 Å². The first-order valence-corrected chi connectivity index (χ1v) is 12.7. The van der Waals surface area contributed by atoms with Gasteiger partial charge in [-0.25, -0.2) is 13.2 Å². The van der Waals surface area contributed by atoms with Crippen LogP contribution in [-0.4, -0.2) is 62.3 Å². The molecule has 0 radical (unpaired) electrons. The number of carbonyl (C=O) groups is 2. The van der Waals surface area contributed by atoms with Gasteiger partial charge in [0, 0.05) is 26.2 Å². The summed E-state index contributed by atoms with van der Waals surface area (Å²) >= 11 is 6.15. The lowest BCUT2D eigenvalue weighted by Gasteiger charge is -2.33. The largest absolute Gasteiger partial charge is 0.452 e. The Morgan fingerprint density at radius 3 is 2.42 bits per heavy atom. The molecule has 2 aliphatic rings. The number of carbonyl (C=O) groups excluding carboxylic acids is 2. The molecule has 2 fully saturated rings. The molecule has 31 heavy (non-hydrogen) atoms. The van der Waals surface area contributed by atoms with Crippen molar-refractivity contribution in [2.24, 2.45) is 5.92 Å². The van der Waals surface area contributed by atoms with Crippen LogP contribution in [0.3, 0.4) is 0 Å². The lowest BCUT2D eigenvalue weighted by Crippen LogP contribution is -2.41. The molecule has 0 bridgehead atoms. The Kier molecular flexibility index (Phi) is 7.99. The van der Waals surface area contributed by atoms with Crippen molar-refractivity contribution >= 4 is 33.5 Å². The summed E-state index contributed by atoms with van der Waals surface area (Å²) in [4.78, 5) is 26.5. The summed E-state index contributed by atoms with van der Waals surface area (Å²) in [5.74, 6) is -0.327. The molecule has 172 valence electrons. The third kappa shape index (κ3) is 5.79. The number of hydrogen-bond donors (Lipinski definition) is 0. The standard InChI is InChI=1S/C22H31ClN2O5S/c1-16-6-9-18(10-7-16)24(2)21(26)15-30-22(27)17-8-11-19(23)20(14-17)31(28,29)25-12-4-3-5-13-25/h8,11,14,16,18H,3-7,9-10,12-13,15H2,1-2H3. The number of piperidine rings is 1. The average molecular weight is 471 g/mol. The Morgan fingerprint density at radius 1 is 1.13 bits per heavy atom. The van der Waals surface area contributed by atoms with E-state index in [1.54, 1.807) is 11.9 Å². The fourth-order valence-electron chi connectivity index (χ4n) is 4.22. The summed E-state index contributed by atoms with van der Waals surface area (Å²) in [6.07, 6.45) is 6.66. The molecule has 1 aromatic rings.